The molecule has 1 aliphatic carbocycles. The number of aliphatic hydroxyl groups is 4. The van der Waals surface area contributed by atoms with Gasteiger partial charge < -0.3 is 35.6 Å². The SMILES string of the molecule is NCC(=O)O[C@H]1[C@H](O)[C@@H](O)[C@H](O)[C@@H](O)[C@@H]1OC(=O)c1ccccc1. The lowest BCUT2D eigenvalue weighted by Gasteiger charge is -2.42. The molecule has 0 radical (unpaired) electrons. The number of hydrogen-bond donors (Lipinski definition) is 5. The van der Waals surface area contributed by atoms with Gasteiger partial charge in [-0.2, -0.15) is 0 Å². The molecule has 9 heteroatoms. The molecule has 0 heterocycles. The fourth-order valence-electron chi connectivity index (χ4n) is 2.42. The molecule has 1 aromatic carbocycles. The molecule has 0 saturated heterocycles. The van der Waals surface area contributed by atoms with Gasteiger partial charge in [-0.15, -0.1) is 0 Å². The summed E-state index contributed by atoms with van der Waals surface area (Å²) in [5.74, 6) is -1.79. The molecule has 0 unspecified atom stereocenters. The van der Waals surface area contributed by atoms with Crippen LogP contribution in [0.15, 0.2) is 30.3 Å². The minimum Gasteiger partial charge on any atom is -0.454 e. The molecule has 0 bridgehead atoms. The van der Waals surface area contributed by atoms with E-state index in [1.807, 2.05) is 0 Å². The van der Waals surface area contributed by atoms with E-state index in [0.717, 1.165) is 0 Å². The largest absolute Gasteiger partial charge is 0.454 e. The van der Waals surface area contributed by atoms with Crippen molar-refractivity contribution in [2.75, 3.05) is 6.54 Å². The molecule has 0 aromatic heterocycles. The van der Waals surface area contributed by atoms with Gasteiger partial charge >= 0.3 is 11.9 Å². The second kappa shape index (κ2) is 7.69. The quantitative estimate of drug-likeness (QED) is 0.374. The number of hydrogen-bond acceptors (Lipinski definition) is 9. The summed E-state index contributed by atoms with van der Waals surface area (Å²) in [6.07, 6.45) is -10.3. The smallest absolute Gasteiger partial charge is 0.338 e. The van der Waals surface area contributed by atoms with Crippen LogP contribution in [-0.4, -0.2) is 75.5 Å². The predicted molar refractivity (Wildman–Crippen MR) is 78.6 cm³/mol. The minimum atomic E-state index is -1.79. The van der Waals surface area contributed by atoms with Gasteiger partial charge in [0.1, 0.15) is 24.4 Å². The first-order valence-electron chi connectivity index (χ1n) is 7.24. The van der Waals surface area contributed by atoms with Crippen LogP contribution in [0.2, 0.25) is 0 Å². The number of nitrogens with two attached hydrogens (primary N) is 1. The average Bonchev–Trinajstić information content (AvgIpc) is 2.61. The molecule has 9 nitrogen and oxygen atoms in total. The molecule has 1 aromatic rings. The number of ether oxygens (including phenoxy) is 2. The zero-order valence-corrected chi connectivity index (χ0v) is 12.6. The molecule has 2 rings (SSSR count). The highest BCUT2D eigenvalue weighted by atomic mass is 16.6. The molecule has 1 saturated carbocycles. The highest BCUT2D eigenvalue weighted by Gasteiger charge is 2.52. The van der Waals surface area contributed by atoms with Crippen LogP contribution in [0.5, 0.6) is 0 Å². The van der Waals surface area contributed by atoms with Crippen LogP contribution in [0.25, 0.3) is 0 Å². The first kappa shape index (κ1) is 18.3. The zero-order valence-electron chi connectivity index (χ0n) is 12.6. The fraction of sp³-hybridized carbons (Fsp3) is 0.467. The maximum atomic E-state index is 12.1. The summed E-state index contributed by atoms with van der Waals surface area (Å²) < 4.78 is 9.97. The van der Waals surface area contributed by atoms with Gasteiger partial charge in [-0.1, -0.05) is 18.2 Å². The molecule has 132 valence electrons. The Labute approximate surface area is 137 Å². The summed E-state index contributed by atoms with van der Waals surface area (Å²) in [6, 6.07) is 7.78. The number of carbonyl (C=O) groups is 2. The van der Waals surface area contributed by atoms with E-state index < -0.39 is 55.1 Å². The lowest BCUT2D eigenvalue weighted by atomic mass is 9.84. The Hall–Kier alpha value is -2.04. The van der Waals surface area contributed by atoms with Gasteiger partial charge in [0.25, 0.3) is 0 Å². The van der Waals surface area contributed by atoms with E-state index >= 15 is 0 Å². The van der Waals surface area contributed by atoms with Crippen LogP contribution in [-0.2, 0) is 14.3 Å². The summed E-state index contributed by atoms with van der Waals surface area (Å²) in [4.78, 5) is 23.5. The van der Waals surface area contributed by atoms with Crippen LogP contribution in [0.4, 0.5) is 0 Å². The third-order valence-electron chi connectivity index (χ3n) is 3.73. The van der Waals surface area contributed by atoms with Crippen molar-refractivity contribution in [1.29, 1.82) is 0 Å². The highest BCUT2D eigenvalue weighted by Crippen LogP contribution is 2.27. The third-order valence-corrected chi connectivity index (χ3v) is 3.73. The number of benzene rings is 1. The Morgan fingerprint density at radius 2 is 1.38 bits per heavy atom. The van der Waals surface area contributed by atoms with Crippen LogP contribution >= 0.6 is 0 Å². The van der Waals surface area contributed by atoms with Gasteiger partial charge in [-0.25, -0.2) is 4.79 Å². The molecule has 24 heavy (non-hydrogen) atoms. The fourth-order valence-corrected chi connectivity index (χ4v) is 2.42. The Kier molecular flexibility index (Phi) is 5.86. The van der Waals surface area contributed by atoms with E-state index in [1.165, 1.54) is 12.1 Å². The van der Waals surface area contributed by atoms with Crippen molar-refractivity contribution in [2.24, 2.45) is 5.73 Å². The Morgan fingerprint density at radius 3 is 1.88 bits per heavy atom. The van der Waals surface area contributed by atoms with E-state index in [2.05, 4.69) is 0 Å². The van der Waals surface area contributed by atoms with Gasteiger partial charge in [-0.3, -0.25) is 4.79 Å². The van der Waals surface area contributed by atoms with Crippen LogP contribution in [0.3, 0.4) is 0 Å². The first-order valence-corrected chi connectivity index (χ1v) is 7.24. The van der Waals surface area contributed by atoms with Gasteiger partial charge in [0.2, 0.25) is 0 Å². The summed E-state index contributed by atoms with van der Waals surface area (Å²) in [5.41, 5.74) is 5.29. The third kappa shape index (κ3) is 3.71. The number of esters is 2. The summed E-state index contributed by atoms with van der Waals surface area (Å²) in [6.45, 7) is -0.517. The first-order chi connectivity index (χ1) is 11.4. The summed E-state index contributed by atoms with van der Waals surface area (Å²) >= 11 is 0. The summed E-state index contributed by atoms with van der Waals surface area (Å²) in [7, 11) is 0. The van der Waals surface area contributed by atoms with Crippen LogP contribution in [0.1, 0.15) is 10.4 Å². The topological polar surface area (TPSA) is 160 Å². The predicted octanol–water partition coefficient (Wildman–Crippen LogP) is -2.46. The molecule has 1 aliphatic rings. The Morgan fingerprint density at radius 1 is 0.875 bits per heavy atom. The molecule has 6 atom stereocenters. The van der Waals surface area contributed by atoms with E-state index in [9.17, 15) is 30.0 Å². The molecule has 0 amide bonds. The maximum Gasteiger partial charge on any atom is 0.338 e. The van der Waals surface area contributed by atoms with Crippen molar-refractivity contribution in [3.05, 3.63) is 35.9 Å². The molecule has 0 spiro atoms. The number of carbonyl (C=O) groups excluding carboxylic acids is 2. The van der Waals surface area contributed by atoms with Crippen molar-refractivity contribution in [3.8, 4) is 0 Å². The number of rotatable bonds is 4. The zero-order chi connectivity index (χ0) is 17.9. The molecular weight excluding hydrogens is 322 g/mol. The van der Waals surface area contributed by atoms with Crippen molar-refractivity contribution in [3.63, 3.8) is 0 Å². The van der Waals surface area contributed by atoms with Crippen molar-refractivity contribution >= 4 is 11.9 Å². The molecular formula is C15H19NO8. The van der Waals surface area contributed by atoms with Crippen LogP contribution in [0, 0.1) is 0 Å². The van der Waals surface area contributed by atoms with E-state index in [4.69, 9.17) is 15.2 Å². The molecule has 0 aliphatic heterocycles. The molecule has 6 N–H and O–H groups in total. The monoisotopic (exact) mass is 341 g/mol. The lowest BCUT2D eigenvalue weighted by Crippen LogP contribution is -2.65. The maximum absolute atomic E-state index is 12.1. The van der Waals surface area contributed by atoms with Crippen molar-refractivity contribution in [1.82, 2.24) is 0 Å². The van der Waals surface area contributed by atoms with Crippen molar-refractivity contribution < 1.29 is 39.5 Å². The average molecular weight is 341 g/mol. The Bertz CT molecular complexity index is 580. The van der Waals surface area contributed by atoms with E-state index in [0.29, 0.717) is 0 Å². The summed E-state index contributed by atoms with van der Waals surface area (Å²) in [5, 5.41) is 39.5. The second-order valence-electron chi connectivity index (χ2n) is 5.36. The van der Waals surface area contributed by atoms with Gasteiger partial charge in [-0.05, 0) is 12.1 Å². The second-order valence-corrected chi connectivity index (χ2v) is 5.36. The lowest BCUT2D eigenvalue weighted by molar-refractivity contribution is -0.232. The van der Waals surface area contributed by atoms with E-state index in [-0.39, 0.29) is 5.56 Å². The standard InChI is InChI=1S/C15H19NO8/c16-6-8(17)23-13-11(20)9(18)10(19)12(21)14(13)24-15(22)7-4-2-1-3-5-7/h1-5,9-14,18-21H,6,16H2/t9-,10-,11+,12+,13-,14-/m0/s1. The van der Waals surface area contributed by atoms with Gasteiger partial charge in [0.15, 0.2) is 12.2 Å². The van der Waals surface area contributed by atoms with Crippen LogP contribution < -0.4 is 5.73 Å². The van der Waals surface area contributed by atoms with Gasteiger partial charge in [0, 0.05) is 0 Å². The minimum absolute atomic E-state index is 0.156. The van der Waals surface area contributed by atoms with Gasteiger partial charge in [0.05, 0.1) is 12.1 Å². The molecule has 1 fully saturated rings. The normalized spacial score (nSPS) is 32.9. The van der Waals surface area contributed by atoms with E-state index in [1.54, 1.807) is 18.2 Å². The Balaban J connectivity index is 2.23. The highest BCUT2D eigenvalue weighted by molar-refractivity contribution is 5.89. The van der Waals surface area contributed by atoms with Crippen molar-refractivity contribution in [2.45, 2.75) is 36.6 Å². The number of aliphatic hydroxyl groups excluding tert-OH is 4.